The number of hydrogen-bond donors (Lipinski definition) is 2. The van der Waals surface area contributed by atoms with Crippen LogP contribution in [0, 0.1) is 0 Å². The second-order valence-electron chi connectivity index (χ2n) is 5.62. The van der Waals surface area contributed by atoms with E-state index < -0.39 is 6.10 Å². The zero-order valence-electron chi connectivity index (χ0n) is 12.7. The number of aliphatic hydroxyl groups is 1. The molecule has 2 atom stereocenters. The summed E-state index contributed by atoms with van der Waals surface area (Å²) in [5.41, 5.74) is 1.23. The van der Waals surface area contributed by atoms with Gasteiger partial charge in [0.25, 0.3) is 0 Å². The molecule has 0 saturated heterocycles. The van der Waals surface area contributed by atoms with E-state index in [9.17, 15) is 5.11 Å². The average molecular weight is 295 g/mol. The maximum atomic E-state index is 10.1. The molecule has 3 rings (SSSR count). The highest BCUT2D eigenvalue weighted by Gasteiger charge is 2.10. The van der Waals surface area contributed by atoms with Crippen molar-refractivity contribution in [2.24, 2.45) is 0 Å². The second kappa shape index (κ2) is 6.73. The molecule has 1 heterocycles. The van der Waals surface area contributed by atoms with E-state index in [4.69, 9.17) is 0 Å². The van der Waals surface area contributed by atoms with Crippen LogP contribution >= 0.6 is 0 Å². The van der Waals surface area contributed by atoms with Gasteiger partial charge in [-0.25, -0.2) is 0 Å². The fraction of sp³-hybridized carbons (Fsp3) is 0.278. The molecule has 114 valence electrons. The van der Waals surface area contributed by atoms with Crippen molar-refractivity contribution in [1.29, 1.82) is 0 Å². The molecule has 2 N–H and O–H groups in total. The molecule has 4 heteroatoms. The van der Waals surface area contributed by atoms with E-state index in [-0.39, 0.29) is 6.04 Å². The van der Waals surface area contributed by atoms with E-state index in [1.54, 1.807) is 10.9 Å². The standard InChI is InChI=1S/C18H21N3O/c1-14(19-12-18(22)13-21-10-4-9-20-21)16-8-7-15-5-2-3-6-17(15)11-16/h2-11,14,18-19,22H,12-13H2,1H3/t14-,18-/m1/s1. The molecule has 0 amide bonds. The largest absolute Gasteiger partial charge is 0.390 e. The van der Waals surface area contributed by atoms with Crippen LogP contribution in [-0.2, 0) is 6.54 Å². The highest BCUT2D eigenvalue weighted by Crippen LogP contribution is 2.20. The van der Waals surface area contributed by atoms with Crippen LogP contribution in [0.3, 0.4) is 0 Å². The molecule has 0 aliphatic carbocycles. The predicted molar refractivity (Wildman–Crippen MR) is 88.6 cm³/mol. The summed E-state index contributed by atoms with van der Waals surface area (Å²) < 4.78 is 1.74. The van der Waals surface area contributed by atoms with Gasteiger partial charge in [0.15, 0.2) is 0 Å². The minimum Gasteiger partial charge on any atom is -0.390 e. The van der Waals surface area contributed by atoms with Gasteiger partial charge in [0.2, 0.25) is 0 Å². The highest BCUT2D eigenvalue weighted by molar-refractivity contribution is 5.83. The van der Waals surface area contributed by atoms with Gasteiger partial charge in [-0.1, -0.05) is 36.4 Å². The summed E-state index contributed by atoms with van der Waals surface area (Å²) in [6, 6.07) is 16.9. The summed E-state index contributed by atoms with van der Waals surface area (Å²) in [6.07, 6.45) is 3.12. The highest BCUT2D eigenvalue weighted by atomic mass is 16.3. The number of aliphatic hydroxyl groups excluding tert-OH is 1. The van der Waals surface area contributed by atoms with Crippen LogP contribution in [0.5, 0.6) is 0 Å². The third kappa shape index (κ3) is 3.53. The lowest BCUT2D eigenvalue weighted by Crippen LogP contribution is -2.32. The van der Waals surface area contributed by atoms with Gasteiger partial charge in [-0.15, -0.1) is 0 Å². The Bertz CT molecular complexity index is 724. The van der Waals surface area contributed by atoms with E-state index in [0.717, 1.165) is 0 Å². The molecule has 22 heavy (non-hydrogen) atoms. The zero-order chi connectivity index (χ0) is 15.4. The summed E-state index contributed by atoms with van der Waals surface area (Å²) in [7, 11) is 0. The monoisotopic (exact) mass is 295 g/mol. The molecular weight excluding hydrogens is 274 g/mol. The van der Waals surface area contributed by atoms with Crippen molar-refractivity contribution in [1.82, 2.24) is 15.1 Å². The Labute approximate surface area is 130 Å². The van der Waals surface area contributed by atoms with Crippen molar-refractivity contribution in [3.05, 3.63) is 66.5 Å². The molecule has 0 unspecified atom stereocenters. The van der Waals surface area contributed by atoms with Crippen molar-refractivity contribution in [3.63, 3.8) is 0 Å². The lowest BCUT2D eigenvalue weighted by atomic mass is 10.0. The smallest absolute Gasteiger partial charge is 0.0860 e. The van der Waals surface area contributed by atoms with Crippen LogP contribution in [0.1, 0.15) is 18.5 Å². The molecule has 0 aliphatic heterocycles. The Kier molecular flexibility index (Phi) is 4.51. The Morgan fingerprint density at radius 3 is 2.73 bits per heavy atom. The van der Waals surface area contributed by atoms with Gasteiger partial charge >= 0.3 is 0 Å². The van der Waals surface area contributed by atoms with Gasteiger partial charge in [0.1, 0.15) is 0 Å². The molecule has 1 aromatic heterocycles. The number of nitrogens with zero attached hydrogens (tertiary/aromatic N) is 2. The normalized spacial score (nSPS) is 14.1. The number of nitrogens with one attached hydrogen (secondary N) is 1. The van der Waals surface area contributed by atoms with Crippen molar-refractivity contribution < 1.29 is 5.11 Å². The van der Waals surface area contributed by atoms with Crippen LogP contribution in [0.15, 0.2) is 60.9 Å². The van der Waals surface area contributed by atoms with E-state index in [2.05, 4.69) is 59.8 Å². The molecule has 4 nitrogen and oxygen atoms in total. The molecule has 0 bridgehead atoms. The Hall–Kier alpha value is -2.17. The van der Waals surface area contributed by atoms with Gasteiger partial charge < -0.3 is 10.4 Å². The third-order valence-electron chi connectivity index (χ3n) is 3.89. The first-order valence-corrected chi connectivity index (χ1v) is 7.60. The molecule has 0 radical (unpaired) electrons. The Balaban J connectivity index is 1.59. The van der Waals surface area contributed by atoms with Crippen LogP contribution in [0.4, 0.5) is 0 Å². The SMILES string of the molecule is C[C@@H](NC[C@@H](O)Cn1cccn1)c1ccc2ccccc2c1. The summed E-state index contributed by atoms with van der Waals surface area (Å²) in [4.78, 5) is 0. The van der Waals surface area contributed by atoms with Crippen LogP contribution < -0.4 is 5.32 Å². The first-order chi connectivity index (χ1) is 10.7. The molecule has 0 aliphatic rings. The molecular formula is C18H21N3O. The van der Waals surface area contributed by atoms with Crippen molar-refractivity contribution in [2.45, 2.75) is 25.6 Å². The number of rotatable bonds is 6. The van der Waals surface area contributed by atoms with Crippen molar-refractivity contribution >= 4 is 10.8 Å². The van der Waals surface area contributed by atoms with E-state index in [0.29, 0.717) is 13.1 Å². The fourth-order valence-corrected chi connectivity index (χ4v) is 2.60. The first kappa shape index (κ1) is 14.8. The maximum absolute atomic E-state index is 10.1. The lowest BCUT2D eigenvalue weighted by molar-refractivity contribution is 0.143. The number of fused-ring (bicyclic) bond motifs is 1. The fourth-order valence-electron chi connectivity index (χ4n) is 2.60. The van der Waals surface area contributed by atoms with Crippen LogP contribution in [0.2, 0.25) is 0 Å². The van der Waals surface area contributed by atoms with E-state index in [1.807, 2.05) is 12.3 Å². The molecule has 0 spiro atoms. The van der Waals surface area contributed by atoms with E-state index >= 15 is 0 Å². The quantitative estimate of drug-likeness (QED) is 0.735. The summed E-state index contributed by atoms with van der Waals surface area (Å²) in [5, 5.41) is 20.0. The van der Waals surface area contributed by atoms with Crippen LogP contribution in [-0.4, -0.2) is 27.5 Å². The van der Waals surface area contributed by atoms with Gasteiger partial charge in [-0.05, 0) is 35.4 Å². The molecule has 3 aromatic rings. The van der Waals surface area contributed by atoms with Gasteiger partial charge in [0.05, 0.1) is 12.6 Å². The number of aromatic nitrogens is 2. The van der Waals surface area contributed by atoms with Gasteiger partial charge in [-0.3, -0.25) is 4.68 Å². The zero-order valence-corrected chi connectivity index (χ0v) is 12.7. The first-order valence-electron chi connectivity index (χ1n) is 7.60. The topological polar surface area (TPSA) is 50.1 Å². The average Bonchev–Trinajstić information content (AvgIpc) is 3.05. The third-order valence-corrected chi connectivity index (χ3v) is 3.89. The summed E-state index contributed by atoms with van der Waals surface area (Å²) >= 11 is 0. The second-order valence-corrected chi connectivity index (χ2v) is 5.62. The van der Waals surface area contributed by atoms with Gasteiger partial charge in [-0.2, -0.15) is 5.10 Å². The number of benzene rings is 2. The van der Waals surface area contributed by atoms with Gasteiger partial charge in [0, 0.05) is 25.0 Å². The number of hydrogen-bond acceptors (Lipinski definition) is 3. The Morgan fingerprint density at radius 2 is 1.95 bits per heavy atom. The molecule has 0 fully saturated rings. The maximum Gasteiger partial charge on any atom is 0.0860 e. The van der Waals surface area contributed by atoms with Crippen molar-refractivity contribution in [3.8, 4) is 0 Å². The van der Waals surface area contributed by atoms with E-state index in [1.165, 1.54) is 16.3 Å². The summed E-state index contributed by atoms with van der Waals surface area (Å²) in [5.74, 6) is 0. The Morgan fingerprint density at radius 1 is 1.14 bits per heavy atom. The summed E-state index contributed by atoms with van der Waals surface area (Å²) in [6.45, 7) is 3.16. The minimum absolute atomic E-state index is 0.192. The lowest BCUT2D eigenvalue weighted by Gasteiger charge is -2.18. The molecule has 2 aromatic carbocycles. The predicted octanol–water partition coefficient (Wildman–Crippen LogP) is 2.75. The minimum atomic E-state index is -0.456. The van der Waals surface area contributed by atoms with Crippen molar-refractivity contribution in [2.75, 3.05) is 6.54 Å². The molecule has 0 saturated carbocycles. The van der Waals surface area contributed by atoms with Crippen LogP contribution in [0.25, 0.3) is 10.8 Å².